The maximum atomic E-state index is 12.4. The maximum absolute atomic E-state index is 12.4. The van der Waals surface area contributed by atoms with Crippen LogP contribution >= 0.6 is 11.3 Å². The SMILES string of the molecule is CC(C)(C)c1nnc(C(C)(C)C(=O)OCc2ccccc2)s1. The minimum Gasteiger partial charge on any atom is -0.460 e. The van der Waals surface area contributed by atoms with Crippen molar-refractivity contribution in [2.24, 2.45) is 0 Å². The van der Waals surface area contributed by atoms with Gasteiger partial charge in [0.2, 0.25) is 0 Å². The Morgan fingerprint density at radius 3 is 2.18 bits per heavy atom. The van der Waals surface area contributed by atoms with E-state index >= 15 is 0 Å². The Balaban J connectivity index is 2.09. The molecular formula is C17H22N2O2S. The van der Waals surface area contributed by atoms with Crippen molar-refractivity contribution in [3.05, 3.63) is 45.9 Å². The van der Waals surface area contributed by atoms with Gasteiger partial charge >= 0.3 is 5.97 Å². The van der Waals surface area contributed by atoms with Gasteiger partial charge in [0.15, 0.2) is 0 Å². The topological polar surface area (TPSA) is 52.1 Å². The lowest BCUT2D eigenvalue weighted by Gasteiger charge is -2.19. The number of carbonyl (C=O) groups excluding carboxylic acids is 1. The molecule has 2 aromatic rings. The number of nitrogens with zero attached hydrogens (tertiary/aromatic N) is 2. The molecule has 0 aliphatic carbocycles. The summed E-state index contributed by atoms with van der Waals surface area (Å²) in [6.07, 6.45) is 0. The molecule has 1 heterocycles. The van der Waals surface area contributed by atoms with Crippen LogP contribution in [0.5, 0.6) is 0 Å². The van der Waals surface area contributed by atoms with Crippen LogP contribution in [0.2, 0.25) is 0 Å². The normalized spacial score (nSPS) is 12.2. The van der Waals surface area contributed by atoms with Gasteiger partial charge in [-0.25, -0.2) is 0 Å². The average molecular weight is 318 g/mol. The molecule has 1 aromatic heterocycles. The van der Waals surface area contributed by atoms with E-state index in [9.17, 15) is 4.79 Å². The molecule has 0 aliphatic heterocycles. The van der Waals surface area contributed by atoms with Crippen LogP contribution in [0.1, 0.15) is 50.2 Å². The Morgan fingerprint density at radius 1 is 1.05 bits per heavy atom. The van der Waals surface area contributed by atoms with E-state index in [1.165, 1.54) is 11.3 Å². The molecule has 1 aromatic carbocycles. The highest BCUT2D eigenvalue weighted by Gasteiger charge is 2.36. The number of ether oxygens (including phenoxy) is 1. The molecule has 0 atom stereocenters. The predicted octanol–water partition coefficient (Wildman–Crippen LogP) is 3.86. The van der Waals surface area contributed by atoms with Crippen molar-refractivity contribution in [2.45, 2.75) is 52.1 Å². The first-order valence-electron chi connectivity index (χ1n) is 7.27. The molecule has 0 saturated carbocycles. The first-order chi connectivity index (χ1) is 10.2. The van der Waals surface area contributed by atoms with Crippen LogP contribution in [0.3, 0.4) is 0 Å². The molecule has 4 nitrogen and oxygen atoms in total. The summed E-state index contributed by atoms with van der Waals surface area (Å²) in [5.41, 5.74) is 0.106. The van der Waals surface area contributed by atoms with Crippen molar-refractivity contribution in [1.82, 2.24) is 10.2 Å². The average Bonchev–Trinajstić information content (AvgIpc) is 2.96. The molecule has 0 fully saturated rings. The van der Waals surface area contributed by atoms with E-state index in [4.69, 9.17) is 4.74 Å². The quantitative estimate of drug-likeness (QED) is 0.803. The number of carbonyl (C=O) groups is 1. The van der Waals surface area contributed by atoms with Crippen molar-refractivity contribution < 1.29 is 9.53 Å². The van der Waals surface area contributed by atoms with E-state index in [2.05, 4.69) is 31.0 Å². The molecule has 2 rings (SSSR count). The molecule has 118 valence electrons. The Morgan fingerprint density at radius 2 is 1.64 bits per heavy atom. The van der Waals surface area contributed by atoms with E-state index < -0.39 is 5.41 Å². The van der Waals surface area contributed by atoms with Crippen molar-refractivity contribution in [3.63, 3.8) is 0 Å². The fourth-order valence-electron chi connectivity index (χ4n) is 1.77. The van der Waals surface area contributed by atoms with Crippen molar-refractivity contribution >= 4 is 17.3 Å². The zero-order chi connectivity index (χ0) is 16.4. The Labute approximate surface area is 135 Å². The zero-order valence-electron chi connectivity index (χ0n) is 13.7. The van der Waals surface area contributed by atoms with Crippen LogP contribution in [-0.4, -0.2) is 16.2 Å². The molecule has 0 radical (unpaired) electrons. The minimum absolute atomic E-state index is 0.0695. The standard InChI is InChI=1S/C17H22N2O2S/c1-16(2,3)13-18-19-14(22-13)17(4,5)15(20)21-11-12-9-7-6-8-10-12/h6-10H,11H2,1-5H3. The Kier molecular flexibility index (Phi) is 4.66. The lowest BCUT2D eigenvalue weighted by molar-refractivity contribution is -0.150. The highest BCUT2D eigenvalue weighted by Crippen LogP contribution is 2.32. The number of rotatable bonds is 4. The third-order valence-electron chi connectivity index (χ3n) is 3.32. The molecule has 0 amide bonds. The van der Waals surface area contributed by atoms with Gasteiger partial charge < -0.3 is 4.74 Å². The van der Waals surface area contributed by atoms with Gasteiger partial charge in [0.05, 0.1) is 0 Å². The van der Waals surface area contributed by atoms with Crippen LogP contribution in [0.4, 0.5) is 0 Å². The molecule has 0 bridgehead atoms. The molecular weight excluding hydrogens is 296 g/mol. The van der Waals surface area contributed by atoms with Crippen LogP contribution in [-0.2, 0) is 27.0 Å². The van der Waals surface area contributed by atoms with Crippen LogP contribution in [0.25, 0.3) is 0 Å². The summed E-state index contributed by atoms with van der Waals surface area (Å²) in [6.45, 7) is 10.2. The summed E-state index contributed by atoms with van der Waals surface area (Å²) >= 11 is 1.47. The first kappa shape index (κ1) is 16.6. The lowest BCUT2D eigenvalue weighted by atomic mass is 9.95. The third kappa shape index (κ3) is 3.71. The lowest BCUT2D eigenvalue weighted by Crippen LogP contribution is -2.31. The fourth-order valence-corrected chi connectivity index (χ4v) is 2.76. The molecule has 0 spiro atoms. The summed E-state index contributed by atoms with van der Waals surface area (Å²) in [5, 5.41) is 10.0. The van der Waals surface area contributed by atoms with Crippen molar-refractivity contribution in [1.29, 1.82) is 0 Å². The van der Waals surface area contributed by atoms with E-state index in [0.29, 0.717) is 5.01 Å². The maximum Gasteiger partial charge on any atom is 0.318 e. The van der Waals surface area contributed by atoms with Gasteiger partial charge in [-0.05, 0) is 19.4 Å². The first-order valence-corrected chi connectivity index (χ1v) is 8.08. The second-order valence-electron chi connectivity index (χ2n) is 6.85. The van der Waals surface area contributed by atoms with Gasteiger partial charge in [0.25, 0.3) is 0 Å². The van der Waals surface area contributed by atoms with Gasteiger partial charge in [-0.2, -0.15) is 0 Å². The number of hydrogen-bond donors (Lipinski definition) is 0. The minimum atomic E-state index is -0.796. The van der Waals surface area contributed by atoms with Crippen LogP contribution < -0.4 is 0 Å². The number of benzene rings is 1. The Hall–Kier alpha value is -1.75. The van der Waals surface area contributed by atoms with Crippen LogP contribution in [0, 0.1) is 0 Å². The second kappa shape index (κ2) is 6.16. The van der Waals surface area contributed by atoms with Gasteiger partial charge in [-0.1, -0.05) is 62.4 Å². The molecule has 5 heteroatoms. The highest BCUT2D eigenvalue weighted by molar-refractivity contribution is 7.11. The summed E-state index contributed by atoms with van der Waals surface area (Å²) in [7, 11) is 0. The summed E-state index contributed by atoms with van der Waals surface area (Å²) < 4.78 is 5.44. The number of hydrogen-bond acceptors (Lipinski definition) is 5. The monoisotopic (exact) mass is 318 g/mol. The molecule has 0 saturated heterocycles. The molecule has 0 aliphatic rings. The fraction of sp³-hybridized carbons (Fsp3) is 0.471. The van der Waals surface area contributed by atoms with Crippen molar-refractivity contribution in [3.8, 4) is 0 Å². The van der Waals surface area contributed by atoms with E-state index in [1.807, 2.05) is 44.2 Å². The van der Waals surface area contributed by atoms with Crippen molar-refractivity contribution in [2.75, 3.05) is 0 Å². The van der Waals surface area contributed by atoms with Gasteiger partial charge in [0, 0.05) is 5.41 Å². The summed E-state index contributed by atoms with van der Waals surface area (Å²) in [5.74, 6) is -0.284. The number of esters is 1. The smallest absolute Gasteiger partial charge is 0.318 e. The second-order valence-corrected chi connectivity index (χ2v) is 7.83. The largest absolute Gasteiger partial charge is 0.460 e. The summed E-state index contributed by atoms with van der Waals surface area (Å²) in [6, 6.07) is 9.65. The van der Waals surface area contributed by atoms with Gasteiger partial charge in [0.1, 0.15) is 22.0 Å². The Bertz CT molecular complexity index is 642. The zero-order valence-corrected chi connectivity index (χ0v) is 14.5. The van der Waals surface area contributed by atoms with Gasteiger partial charge in [-0.3, -0.25) is 4.79 Å². The molecule has 0 N–H and O–H groups in total. The number of aromatic nitrogens is 2. The van der Waals surface area contributed by atoms with E-state index in [1.54, 1.807) is 0 Å². The summed E-state index contributed by atoms with van der Waals surface area (Å²) in [4.78, 5) is 12.4. The molecule has 0 unspecified atom stereocenters. The highest BCUT2D eigenvalue weighted by atomic mass is 32.1. The van der Waals surface area contributed by atoms with Gasteiger partial charge in [-0.15, -0.1) is 10.2 Å². The third-order valence-corrected chi connectivity index (χ3v) is 5.00. The van der Waals surface area contributed by atoms with Crippen LogP contribution in [0.15, 0.2) is 30.3 Å². The van der Waals surface area contributed by atoms with E-state index in [-0.39, 0.29) is 18.0 Å². The van der Waals surface area contributed by atoms with E-state index in [0.717, 1.165) is 10.6 Å². The molecule has 22 heavy (non-hydrogen) atoms. The predicted molar refractivity (Wildman–Crippen MR) is 87.9 cm³/mol.